The maximum Gasteiger partial charge on any atom is 0.333 e. The number of hydrogen-bond acceptors (Lipinski definition) is 4. The lowest BCUT2D eigenvalue weighted by Crippen LogP contribution is -2.24. The van der Waals surface area contributed by atoms with Crippen molar-refractivity contribution in [3.05, 3.63) is 12.2 Å². The monoisotopic (exact) mass is 302 g/mol. The van der Waals surface area contributed by atoms with E-state index < -0.39 is 9.28 Å². The van der Waals surface area contributed by atoms with Gasteiger partial charge >= 0.3 is 15.3 Å². The number of carbonyl (C=O) groups is 1. The lowest BCUT2D eigenvalue weighted by Gasteiger charge is -2.16. The van der Waals surface area contributed by atoms with Crippen LogP contribution in [0.3, 0.4) is 0 Å². The zero-order chi connectivity index (χ0) is 15.2. The van der Waals surface area contributed by atoms with Crippen LogP contribution in [0.2, 0.25) is 6.04 Å². The maximum atomic E-state index is 11.2. The van der Waals surface area contributed by atoms with Crippen LogP contribution in [0.4, 0.5) is 0 Å². The third-order valence-corrected chi connectivity index (χ3v) is 4.86. The second-order valence-corrected chi connectivity index (χ2v) is 7.04. The van der Waals surface area contributed by atoms with Crippen molar-refractivity contribution in [3.63, 3.8) is 0 Å². The Morgan fingerprint density at radius 3 is 2.00 bits per heavy atom. The predicted molar refractivity (Wildman–Crippen MR) is 84.1 cm³/mol. The lowest BCUT2D eigenvalue weighted by atomic mass is 10.4. The molecule has 0 aromatic heterocycles. The van der Waals surface area contributed by atoms with Gasteiger partial charge in [-0.2, -0.15) is 0 Å². The lowest BCUT2D eigenvalue weighted by molar-refractivity contribution is -0.138. The Balaban J connectivity index is 3.82. The Morgan fingerprint density at radius 1 is 1.00 bits per heavy atom. The molecule has 0 saturated heterocycles. The molecule has 0 unspecified atom stereocenters. The average molecular weight is 302 g/mol. The highest BCUT2D eigenvalue weighted by Crippen LogP contribution is 2.06. The summed E-state index contributed by atoms with van der Waals surface area (Å²) in [5.41, 5.74) is 0.442. The first-order valence-electron chi connectivity index (χ1n) is 7.67. The van der Waals surface area contributed by atoms with Crippen molar-refractivity contribution in [2.24, 2.45) is 0 Å². The van der Waals surface area contributed by atoms with E-state index in [1.165, 1.54) is 0 Å². The van der Waals surface area contributed by atoms with Crippen molar-refractivity contribution >= 4 is 15.3 Å². The molecule has 0 aliphatic heterocycles. The van der Waals surface area contributed by atoms with Crippen molar-refractivity contribution in [1.29, 1.82) is 0 Å². The summed E-state index contributed by atoms with van der Waals surface area (Å²) in [5, 5.41) is 0. The van der Waals surface area contributed by atoms with Crippen LogP contribution in [-0.2, 0) is 18.4 Å². The van der Waals surface area contributed by atoms with Gasteiger partial charge in [0.1, 0.15) is 0 Å². The van der Waals surface area contributed by atoms with E-state index >= 15 is 0 Å². The summed E-state index contributed by atoms with van der Waals surface area (Å²) in [6, 6.07) is 0.886. The van der Waals surface area contributed by atoms with Crippen LogP contribution in [0.25, 0.3) is 0 Å². The minimum absolute atomic E-state index is 0.318. The van der Waals surface area contributed by atoms with Gasteiger partial charge in [-0.25, -0.2) is 4.79 Å². The van der Waals surface area contributed by atoms with E-state index in [1.807, 2.05) is 0 Å². The Bertz CT molecular complexity index is 259. The van der Waals surface area contributed by atoms with Crippen LogP contribution in [0, 0.1) is 0 Å². The Kier molecular flexibility index (Phi) is 12.9. The first kappa shape index (κ1) is 19.3. The van der Waals surface area contributed by atoms with Crippen LogP contribution in [0.15, 0.2) is 12.2 Å². The van der Waals surface area contributed by atoms with E-state index in [4.69, 9.17) is 13.6 Å². The molecule has 0 aliphatic carbocycles. The van der Waals surface area contributed by atoms with Gasteiger partial charge in [-0.15, -0.1) is 0 Å². The molecule has 0 saturated carbocycles. The fourth-order valence-electron chi connectivity index (χ4n) is 1.47. The molecule has 0 amide bonds. The smallest absolute Gasteiger partial charge is 0.333 e. The van der Waals surface area contributed by atoms with Crippen LogP contribution < -0.4 is 0 Å². The molecule has 0 spiro atoms. The van der Waals surface area contributed by atoms with E-state index in [-0.39, 0.29) is 5.97 Å². The molecular weight excluding hydrogens is 272 g/mol. The molecule has 4 nitrogen and oxygen atoms in total. The van der Waals surface area contributed by atoms with Crippen LogP contribution in [0.1, 0.15) is 52.9 Å². The number of ether oxygens (including phenoxy) is 1. The normalized spacial score (nSPS) is 10.8. The molecule has 0 N–H and O–H groups in total. The quantitative estimate of drug-likeness (QED) is 0.226. The van der Waals surface area contributed by atoms with E-state index in [9.17, 15) is 4.79 Å². The van der Waals surface area contributed by atoms with Crippen molar-refractivity contribution < 1.29 is 18.4 Å². The number of rotatable bonds is 13. The summed E-state index contributed by atoms with van der Waals surface area (Å²) in [5.74, 6) is -0.318. The fourth-order valence-corrected chi connectivity index (χ4v) is 3.26. The molecule has 20 heavy (non-hydrogen) atoms. The van der Waals surface area contributed by atoms with E-state index in [0.29, 0.717) is 12.2 Å². The van der Waals surface area contributed by atoms with Gasteiger partial charge in [0.05, 0.1) is 6.61 Å². The highest BCUT2D eigenvalue weighted by Gasteiger charge is 2.13. The highest BCUT2D eigenvalue weighted by molar-refractivity contribution is 6.44. The van der Waals surface area contributed by atoms with E-state index in [0.717, 1.165) is 51.4 Å². The van der Waals surface area contributed by atoms with Gasteiger partial charge in [0, 0.05) is 18.8 Å². The zero-order valence-electron chi connectivity index (χ0n) is 13.3. The summed E-state index contributed by atoms with van der Waals surface area (Å²) in [7, 11) is -1.60. The first-order valence-corrected chi connectivity index (χ1v) is 9.43. The van der Waals surface area contributed by atoms with Crippen molar-refractivity contribution in [1.82, 2.24) is 0 Å². The predicted octanol–water partition coefficient (Wildman–Crippen LogP) is 3.35. The Hall–Kier alpha value is -0.653. The summed E-state index contributed by atoms with van der Waals surface area (Å²) in [6.45, 7) is 11.5. The molecule has 0 aromatic rings. The molecule has 0 heterocycles. The molecule has 0 aromatic carbocycles. The number of esters is 1. The van der Waals surface area contributed by atoms with E-state index in [1.54, 1.807) is 6.92 Å². The minimum Gasteiger partial charge on any atom is -0.462 e. The van der Waals surface area contributed by atoms with Crippen molar-refractivity contribution in [2.75, 3.05) is 19.8 Å². The Morgan fingerprint density at radius 2 is 1.55 bits per heavy atom. The Labute approximate surface area is 125 Å². The number of carbonyl (C=O) groups excluding carboxylic acids is 1. The second-order valence-electron chi connectivity index (χ2n) is 4.94. The third kappa shape index (κ3) is 11.2. The minimum atomic E-state index is -1.60. The maximum absolute atomic E-state index is 11.2. The van der Waals surface area contributed by atoms with Gasteiger partial charge in [-0.3, -0.25) is 0 Å². The molecule has 0 radical (unpaired) electrons. The van der Waals surface area contributed by atoms with Gasteiger partial charge < -0.3 is 13.6 Å². The third-order valence-electron chi connectivity index (χ3n) is 2.77. The summed E-state index contributed by atoms with van der Waals surface area (Å²) < 4.78 is 16.8. The summed E-state index contributed by atoms with van der Waals surface area (Å²) in [4.78, 5) is 11.2. The summed E-state index contributed by atoms with van der Waals surface area (Å²) >= 11 is 0. The zero-order valence-corrected chi connectivity index (χ0v) is 14.4. The molecule has 0 atom stereocenters. The number of hydrogen-bond donors (Lipinski definition) is 0. The van der Waals surface area contributed by atoms with Gasteiger partial charge in [-0.1, -0.05) is 33.3 Å². The summed E-state index contributed by atoms with van der Waals surface area (Å²) in [6.07, 6.45) is 5.21. The standard InChI is InChI=1S/C15H30O4Si/c1-5-7-11-18-20(19-12-8-6-2)13-9-10-17-15(16)14(3)4/h20H,3,5-13H2,1-2,4H3. The second kappa shape index (κ2) is 13.3. The molecule has 0 bridgehead atoms. The topological polar surface area (TPSA) is 44.8 Å². The molecule has 118 valence electrons. The first-order chi connectivity index (χ1) is 9.61. The van der Waals surface area contributed by atoms with Gasteiger partial charge in [0.15, 0.2) is 0 Å². The van der Waals surface area contributed by atoms with Crippen LogP contribution in [0.5, 0.6) is 0 Å². The van der Waals surface area contributed by atoms with Crippen molar-refractivity contribution in [3.8, 4) is 0 Å². The fraction of sp³-hybridized carbons (Fsp3) is 0.800. The van der Waals surface area contributed by atoms with Crippen LogP contribution in [-0.4, -0.2) is 35.1 Å². The average Bonchev–Trinajstić information content (AvgIpc) is 2.42. The number of unbranched alkanes of at least 4 members (excludes halogenated alkanes) is 2. The van der Waals surface area contributed by atoms with Gasteiger partial charge in [-0.05, 0) is 32.2 Å². The van der Waals surface area contributed by atoms with Gasteiger partial charge in [0.25, 0.3) is 0 Å². The molecule has 0 rings (SSSR count). The molecular formula is C15H30O4Si. The van der Waals surface area contributed by atoms with E-state index in [2.05, 4.69) is 20.4 Å². The highest BCUT2D eigenvalue weighted by atomic mass is 28.3. The SMILES string of the molecule is C=C(C)C(=O)OCCC[SiH](OCCCC)OCCCC. The molecule has 5 heteroatoms. The van der Waals surface area contributed by atoms with Crippen LogP contribution >= 0.6 is 0 Å². The molecule has 0 fully saturated rings. The van der Waals surface area contributed by atoms with Gasteiger partial charge in [0.2, 0.25) is 0 Å². The molecule has 0 aliphatic rings. The largest absolute Gasteiger partial charge is 0.462 e. The van der Waals surface area contributed by atoms with Crippen molar-refractivity contribution in [2.45, 2.75) is 58.9 Å².